The number of carbonyl (C=O) groups excluding carboxylic acids is 2. The van der Waals surface area contributed by atoms with Gasteiger partial charge in [-0.3, -0.25) is 0 Å². The lowest BCUT2D eigenvalue weighted by molar-refractivity contribution is -0.173. The number of nitrogens with two attached hydrogens (primary N) is 1. The van der Waals surface area contributed by atoms with Crippen molar-refractivity contribution in [2.75, 3.05) is 43.9 Å². The number of ether oxygens (including phenoxy) is 2. The van der Waals surface area contributed by atoms with Gasteiger partial charge in [-0.15, -0.1) is 0 Å². The van der Waals surface area contributed by atoms with Crippen molar-refractivity contribution in [3.8, 4) is 0 Å². The summed E-state index contributed by atoms with van der Waals surface area (Å²) in [4.78, 5) is 27.4. The van der Waals surface area contributed by atoms with Crippen LogP contribution < -0.4 is 10.6 Å². The zero-order chi connectivity index (χ0) is 24.3. The predicted octanol–water partition coefficient (Wildman–Crippen LogP) is 4.32. The van der Waals surface area contributed by atoms with Crippen molar-refractivity contribution in [3.63, 3.8) is 0 Å². The highest BCUT2D eigenvalue weighted by Gasteiger charge is 2.58. The van der Waals surface area contributed by atoms with Gasteiger partial charge in [0.2, 0.25) is 0 Å². The van der Waals surface area contributed by atoms with Gasteiger partial charge in [0.15, 0.2) is 0 Å². The van der Waals surface area contributed by atoms with Gasteiger partial charge in [-0.1, -0.05) is 36.4 Å². The number of esters is 1. The molecule has 0 unspecified atom stereocenters. The second-order valence-electron chi connectivity index (χ2n) is 8.91. The number of halogens is 2. The van der Waals surface area contributed by atoms with Crippen molar-refractivity contribution < 1.29 is 27.8 Å². The Bertz CT molecular complexity index is 1040. The molecule has 1 amide bonds. The molecule has 0 bridgehead atoms. The lowest BCUT2D eigenvalue weighted by Crippen LogP contribution is -2.60. The van der Waals surface area contributed by atoms with Gasteiger partial charge in [0.1, 0.15) is 6.61 Å². The molecule has 34 heavy (non-hydrogen) atoms. The van der Waals surface area contributed by atoms with Crippen LogP contribution in [0.4, 0.5) is 25.0 Å². The molecular weight excluding hydrogens is 444 g/mol. The Morgan fingerprint density at radius 2 is 1.68 bits per heavy atom. The minimum Gasteiger partial charge on any atom is -0.465 e. The van der Waals surface area contributed by atoms with E-state index >= 15 is 8.78 Å². The van der Waals surface area contributed by atoms with Crippen LogP contribution in [0, 0.1) is 5.41 Å². The third kappa shape index (κ3) is 4.51. The van der Waals surface area contributed by atoms with Crippen LogP contribution in [-0.2, 0) is 16.1 Å². The van der Waals surface area contributed by atoms with Crippen LogP contribution in [0.2, 0.25) is 0 Å². The van der Waals surface area contributed by atoms with Gasteiger partial charge in [0.25, 0.3) is 5.92 Å². The van der Waals surface area contributed by atoms with Crippen LogP contribution in [0.1, 0.15) is 35.2 Å². The van der Waals surface area contributed by atoms with Crippen LogP contribution >= 0.6 is 0 Å². The summed E-state index contributed by atoms with van der Waals surface area (Å²) in [5, 5.41) is 0. The fourth-order valence-electron chi connectivity index (χ4n) is 4.89. The van der Waals surface area contributed by atoms with Crippen LogP contribution in [0.3, 0.4) is 0 Å². The van der Waals surface area contributed by atoms with E-state index in [0.717, 1.165) is 10.5 Å². The van der Waals surface area contributed by atoms with Crippen molar-refractivity contribution in [1.29, 1.82) is 0 Å². The summed E-state index contributed by atoms with van der Waals surface area (Å²) < 4.78 is 40.8. The highest BCUT2D eigenvalue weighted by molar-refractivity contribution is 5.98. The molecule has 2 fully saturated rings. The van der Waals surface area contributed by atoms with Gasteiger partial charge < -0.3 is 25.0 Å². The lowest BCUT2D eigenvalue weighted by Gasteiger charge is -2.51. The number of amides is 1. The van der Waals surface area contributed by atoms with Gasteiger partial charge in [-0.05, 0) is 37.0 Å². The Morgan fingerprint density at radius 1 is 1.00 bits per heavy atom. The van der Waals surface area contributed by atoms with Crippen molar-refractivity contribution in [2.24, 2.45) is 5.41 Å². The quantitative estimate of drug-likeness (QED) is 0.526. The molecule has 2 aliphatic heterocycles. The number of hydrogen-bond donors (Lipinski definition) is 1. The molecule has 182 valence electrons. The largest absolute Gasteiger partial charge is 0.465 e. The highest BCUT2D eigenvalue weighted by atomic mass is 19.3. The van der Waals surface area contributed by atoms with E-state index in [1.807, 2.05) is 35.2 Å². The topological polar surface area (TPSA) is 85.1 Å². The summed E-state index contributed by atoms with van der Waals surface area (Å²) in [7, 11) is 1.28. The number of nitrogens with zero attached hydrogens (tertiary/aromatic N) is 2. The van der Waals surface area contributed by atoms with Gasteiger partial charge in [0.05, 0.1) is 30.6 Å². The molecule has 2 aliphatic rings. The van der Waals surface area contributed by atoms with Crippen LogP contribution in [0.25, 0.3) is 0 Å². The molecule has 1 spiro atoms. The standard InChI is InChI=1S/C25H29F2N3O4/c1-33-22(31)19-8-5-9-20(21(19)28)29-13-10-24(11-14-29)12-15-30(17-25(24,26)27)23(32)34-16-18-6-3-2-4-7-18/h2-9H,10-17,28H2,1H3. The maximum atomic E-state index is 15.4. The van der Waals surface area contributed by atoms with Crippen molar-refractivity contribution in [3.05, 3.63) is 59.7 Å². The Hall–Kier alpha value is -3.36. The lowest BCUT2D eigenvalue weighted by atomic mass is 9.68. The normalized spacial score (nSPS) is 19.0. The number of hydrogen-bond acceptors (Lipinski definition) is 6. The van der Waals surface area contributed by atoms with Gasteiger partial charge in [-0.25, -0.2) is 18.4 Å². The number of para-hydroxylation sites is 1. The van der Waals surface area contributed by atoms with Crippen LogP contribution in [-0.4, -0.2) is 56.2 Å². The molecule has 2 saturated heterocycles. The number of rotatable bonds is 4. The zero-order valence-electron chi connectivity index (χ0n) is 19.1. The van der Waals surface area contributed by atoms with Gasteiger partial charge >= 0.3 is 12.1 Å². The maximum Gasteiger partial charge on any atom is 0.410 e. The monoisotopic (exact) mass is 473 g/mol. The summed E-state index contributed by atoms with van der Waals surface area (Å²) in [6.07, 6.45) is -0.00144. The number of alkyl halides is 2. The Labute approximate surface area is 197 Å². The average Bonchev–Trinajstić information content (AvgIpc) is 2.85. The molecule has 2 aromatic rings. The van der Waals surface area contributed by atoms with Crippen molar-refractivity contribution in [1.82, 2.24) is 4.90 Å². The number of likely N-dealkylation sites (tertiary alicyclic amines) is 1. The molecule has 0 atom stereocenters. The third-order valence-electron chi connectivity index (χ3n) is 7.04. The van der Waals surface area contributed by atoms with E-state index in [2.05, 4.69) is 0 Å². The molecule has 4 rings (SSSR count). The minimum atomic E-state index is -3.04. The summed E-state index contributed by atoms with van der Waals surface area (Å²) >= 11 is 0. The molecule has 0 aromatic heterocycles. The second-order valence-corrected chi connectivity index (χ2v) is 8.91. The first kappa shape index (κ1) is 23.8. The van der Waals surface area contributed by atoms with E-state index in [1.165, 1.54) is 7.11 Å². The van der Waals surface area contributed by atoms with Gasteiger partial charge in [-0.2, -0.15) is 0 Å². The number of methoxy groups -OCH3 is 1. The molecule has 2 heterocycles. The fourth-order valence-corrected chi connectivity index (χ4v) is 4.89. The predicted molar refractivity (Wildman–Crippen MR) is 124 cm³/mol. The zero-order valence-corrected chi connectivity index (χ0v) is 19.1. The number of piperidine rings is 2. The van der Waals surface area contributed by atoms with E-state index < -0.39 is 29.9 Å². The molecule has 7 nitrogen and oxygen atoms in total. The Kier molecular flexibility index (Phi) is 6.63. The Balaban J connectivity index is 1.39. The first-order valence-electron chi connectivity index (χ1n) is 11.3. The number of nitrogen functional groups attached to an aromatic ring is 1. The average molecular weight is 474 g/mol. The summed E-state index contributed by atoms with van der Waals surface area (Å²) in [6.45, 7) is 0.378. The SMILES string of the molecule is COC(=O)c1cccc(N2CCC3(CCN(C(=O)OCc4ccccc4)CC3(F)F)CC2)c1N. The molecule has 0 saturated carbocycles. The second kappa shape index (κ2) is 9.48. The van der Waals surface area contributed by atoms with Crippen LogP contribution in [0.5, 0.6) is 0 Å². The van der Waals surface area contributed by atoms with E-state index in [1.54, 1.807) is 18.2 Å². The van der Waals surface area contributed by atoms with Crippen LogP contribution in [0.15, 0.2) is 48.5 Å². The van der Waals surface area contributed by atoms with Crippen molar-refractivity contribution >= 4 is 23.4 Å². The van der Waals surface area contributed by atoms with Crippen molar-refractivity contribution in [2.45, 2.75) is 31.8 Å². The fraction of sp³-hybridized carbons (Fsp3) is 0.440. The molecule has 2 N–H and O–H groups in total. The first-order valence-corrected chi connectivity index (χ1v) is 11.3. The van der Waals surface area contributed by atoms with E-state index in [-0.39, 0.29) is 43.7 Å². The van der Waals surface area contributed by atoms with E-state index in [9.17, 15) is 9.59 Å². The minimum absolute atomic E-state index is 0.0495. The maximum absolute atomic E-state index is 15.4. The molecule has 0 radical (unpaired) electrons. The highest BCUT2D eigenvalue weighted by Crippen LogP contribution is 2.51. The summed E-state index contributed by atoms with van der Waals surface area (Å²) in [6, 6.07) is 14.2. The Morgan fingerprint density at radius 3 is 2.32 bits per heavy atom. The molecular formula is C25H29F2N3O4. The number of anilines is 2. The van der Waals surface area contributed by atoms with E-state index in [0.29, 0.717) is 18.8 Å². The third-order valence-corrected chi connectivity index (χ3v) is 7.04. The van der Waals surface area contributed by atoms with Gasteiger partial charge in [0, 0.05) is 25.0 Å². The molecule has 2 aromatic carbocycles. The number of benzene rings is 2. The molecule has 0 aliphatic carbocycles. The first-order chi connectivity index (χ1) is 16.3. The van der Waals surface area contributed by atoms with E-state index in [4.69, 9.17) is 15.2 Å². The smallest absolute Gasteiger partial charge is 0.410 e. The summed E-state index contributed by atoms with van der Waals surface area (Å²) in [5.74, 6) is -3.58. The molecule has 9 heteroatoms. The number of carbonyl (C=O) groups is 2. The summed E-state index contributed by atoms with van der Waals surface area (Å²) in [5.41, 5.74) is 6.99.